The lowest BCUT2D eigenvalue weighted by Crippen LogP contribution is -2.38. The van der Waals surface area contributed by atoms with Gasteiger partial charge in [-0.1, -0.05) is 24.3 Å². The molecule has 1 aliphatic rings. The van der Waals surface area contributed by atoms with Crippen molar-refractivity contribution in [3.63, 3.8) is 0 Å². The normalized spacial score (nSPS) is 16.6. The monoisotopic (exact) mass is 284 g/mol. The van der Waals surface area contributed by atoms with Crippen molar-refractivity contribution in [3.8, 4) is 11.5 Å². The second kappa shape index (κ2) is 5.36. The molecule has 3 rings (SSSR count). The van der Waals surface area contributed by atoms with Gasteiger partial charge in [0.05, 0.1) is 12.2 Å². The summed E-state index contributed by atoms with van der Waals surface area (Å²) in [6.07, 6.45) is -0.493. The average molecular weight is 284 g/mol. The zero-order valence-corrected chi connectivity index (χ0v) is 11.6. The summed E-state index contributed by atoms with van der Waals surface area (Å²) in [4.78, 5) is 12.1. The van der Waals surface area contributed by atoms with Gasteiger partial charge < -0.3 is 20.5 Å². The van der Waals surface area contributed by atoms with Crippen molar-refractivity contribution in [1.82, 2.24) is 5.32 Å². The summed E-state index contributed by atoms with van der Waals surface area (Å²) in [5, 5.41) is 16.3. The van der Waals surface area contributed by atoms with Gasteiger partial charge in [-0.25, -0.2) is 0 Å². The maximum absolute atomic E-state index is 12.1. The summed E-state index contributed by atoms with van der Waals surface area (Å²) in [5.74, 6) is 0.275. The van der Waals surface area contributed by atoms with Crippen molar-refractivity contribution in [3.05, 3.63) is 53.6 Å². The smallest absolute Gasteiger partial charge is 0.255 e. The van der Waals surface area contributed by atoms with E-state index in [1.165, 1.54) is 0 Å². The average Bonchev–Trinajstić information content (AvgIpc) is 2.49. The summed E-state index contributed by atoms with van der Waals surface area (Å²) in [5.41, 5.74) is 1.91. The van der Waals surface area contributed by atoms with Gasteiger partial charge >= 0.3 is 0 Å². The second-order valence-electron chi connectivity index (χ2n) is 4.72. The maximum Gasteiger partial charge on any atom is 0.255 e. The first kappa shape index (κ1) is 13.3. The Morgan fingerprint density at radius 3 is 2.76 bits per heavy atom. The highest BCUT2D eigenvalue weighted by Gasteiger charge is 2.26. The first-order valence-electron chi connectivity index (χ1n) is 6.82. The van der Waals surface area contributed by atoms with E-state index >= 15 is 0 Å². The number of hydrogen-bond donors (Lipinski definition) is 3. The summed E-state index contributed by atoms with van der Waals surface area (Å²) >= 11 is 0. The lowest BCUT2D eigenvalue weighted by atomic mass is 10.0. The maximum atomic E-state index is 12.1. The van der Waals surface area contributed by atoms with Crippen LogP contribution in [0.25, 0.3) is 0 Å². The number of anilines is 1. The highest BCUT2D eigenvalue weighted by Crippen LogP contribution is 2.36. The van der Waals surface area contributed by atoms with Crippen LogP contribution in [0.5, 0.6) is 11.5 Å². The number of carbonyl (C=O) groups is 1. The molecule has 0 spiro atoms. The van der Waals surface area contributed by atoms with Crippen LogP contribution >= 0.6 is 0 Å². The Bertz CT molecular complexity index is 685. The molecule has 1 unspecified atom stereocenters. The highest BCUT2D eigenvalue weighted by molar-refractivity contribution is 6.01. The van der Waals surface area contributed by atoms with Crippen LogP contribution in [0.15, 0.2) is 42.5 Å². The minimum absolute atomic E-state index is 0.0385. The van der Waals surface area contributed by atoms with E-state index in [9.17, 15) is 9.90 Å². The lowest BCUT2D eigenvalue weighted by molar-refractivity contribution is 0.0935. The molecule has 0 bridgehead atoms. The first-order chi connectivity index (χ1) is 10.2. The van der Waals surface area contributed by atoms with Crippen molar-refractivity contribution in [1.29, 1.82) is 0 Å². The number of benzene rings is 2. The van der Waals surface area contributed by atoms with E-state index in [-0.39, 0.29) is 11.7 Å². The van der Waals surface area contributed by atoms with Crippen molar-refractivity contribution in [2.45, 2.75) is 13.1 Å². The third kappa shape index (κ3) is 2.38. The summed E-state index contributed by atoms with van der Waals surface area (Å²) in [7, 11) is 0. The molecule has 1 atom stereocenters. The van der Waals surface area contributed by atoms with E-state index in [2.05, 4.69) is 10.6 Å². The minimum Gasteiger partial charge on any atom is -0.504 e. The fourth-order valence-electron chi connectivity index (χ4n) is 2.41. The Hall–Kier alpha value is -2.69. The SMILES string of the molecule is CCOc1cccc(C2NC(=O)c3ccccc3N2)c1O. The second-order valence-corrected chi connectivity index (χ2v) is 4.72. The first-order valence-corrected chi connectivity index (χ1v) is 6.82. The Balaban J connectivity index is 1.96. The predicted octanol–water partition coefficient (Wildman–Crippen LogP) is 2.65. The molecule has 0 aliphatic carbocycles. The van der Waals surface area contributed by atoms with E-state index < -0.39 is 6.17 Å². The molecule has 5 heteroatoms. The van der Waals surface area contributed by atoms with Crippen LogP contribution in [0.2, 0.25) is 0 Å². The molecular weight excluding hydrogens is 268 g/mol. The molecule has 108 valence electrons. The summed E-state index contributed by atoms with van der Waals surface area (Å²) in [6.45, 7) is 2.31. The van der Waals surface area contributed by atoms with E-state index in [1.54, 1.807) is 24.3 Å². The Morgan fingerprint density at radius 2 is 1.95 bits per heavy atom. The fourth-order valence-corrected chi connectivity index (χ4v) is 2.41. The third-order valence-corrected chi connectivity index (χ3v) is 3.39. The summed E-state index contributed by atoms with van der Waals surface area (Å²) in [6, 6.07) is 12.5. The molecule has 21 heavy (non-hydrogen) atoms. The van der Waals surface area contributed by atoms with Crippen molar-refractivity contribution >= 4 is 11.6 Å². The number of fused-ring (bicyclic) bond motifs is 1. The van der Waals surface area contributed by atoms with Crippen LogP contribution < -0.4 is 15.4 Å². The van der Waals surface area contributed by atoms with Crippen LogP contribution in [-0.2, 0) is 0 Å². The molecule has 2 aromatic carbocycles. The number of carbonyl (C=O) groups excluding carboxylic acids is 1. The van der Waals surface area contributed by atoms with Crippen molar-refractivity contribution in [2.24, 2.45) is 0 Å². The van der Waals surface area contributed by atoms with Crippen LogP contribution in [0.4, 0.5) is 5.69 Å². The number of ether oxygens (including phenoxy) is 1. The number of phenolic OH excluding ortho intramolecular Hbond substituents is 1. The molecule has 1 aliphatic heterocycles. The molecule has 1 heterocycles. The minimum atomic E-state index is -0.493. The van der Waals surface area contributed by atoms with E-state index in [0.717, 1.165) is 5.69 Å². The third-order valence-electron chi connectivity index (χ3n) is 3.39. The largest absolute Gasteiger partial charge is 0.504 e. The number of phenols is 1. The molecule has 2 aromatic rings. The van der Waals surface area contributed by atoms with Crippen LogP contribution in [0.1, 0.15) is 29.0 Å². The topological polar surface area (TPSA) is 70.6 Å². The quantitative estimate of drug-likeness (QED) is 0.810. The van der Waals surface area contributed by atoms with E-state index in [0.29, 0.717) is 23.5 Å². The molecule has 3 N–H and O–H groups in total. The van der Waals surface area contributed by atoms with Crippen LogP contribution in [-0.4, -0.2) is 17.6 Å². The molecular formula is C16H16N2O3. The molecule has 0 aromatic heterocycles. The molecule has 0 radical (unpaired) electrons. The Kier molecular flexibility index (Phi) is 3.39. The number of aromatic hydroxyl groups is 1. The van der Waals surface area contributed by atoms with E-state index in [1.807, 2.05) is 25.1 Å². The predicted molar refractivity (Wildman–Crippen MR) is 79.5 cm³/mol. The lowest BCUT2D eigenvalue weighted by Gasteiger charge is -2.28. The van der Waals surface area contributed by atoms with Gasteiger partial charge in [0.2, 0.25) is 0 Å². The van der Waals surface area contributed by atoms with Crippen LogP contribution in [0, 0.1) is 0 Å². The van der Waals surface area contributed by atoms with Gasteiger partial charge in [-0.3, -0.25) is 4.79 Å². The van der Waals surface area contributed by atoms with E-state index in [4.69, 9.17) is 4.74 Å². The molecule has 0 fully saturated rings. The highest BCUT2D eigenvalue weighted by atomic mass is 16.5. The van der Waals surface area contributed by atoms with Gasteiger partial charge in [-0.05, 0) is 25.1 Å². The zero-order valence-electron chi connectivity index (χ0n) is 11.6. The van der Waals surface area contributed by atoms with Gasteiger partial charge in [0.25, 0.3) is 5.91 Å². The van der Waals surface area contributed by atoms with Crippen LogP contribution in [0.3, 0.4) is 0 Å². The number of nitrogens with one attached hydrogen (secondary N) is 2. The van der Waals surface area contributed by atoms with Gasteiger partial charge in [0, 0.05) is 11.3 Å². The molecule has 0 saturated heterocycles. The molecule has 1 amide bonds. The Labute approximate surface area is 122 Å². The fraction of sp³-hybridized carbons (Fsp3) is 0.188. The van der Waals surface area contributed by atoms with Gasteiger partial charge in [-0.15, -0.1) is 0 Å². The van der Waals surface area contributed by atoms with Gasteiger partial charge in [0.15, 0.2) is 11.5 Å². The van der Waals surface area contributed by atoms with Gasteiger partial charge in [0.1, 0.15) is 6.17 Å². The standard InChI is InChI=1S/C16H16N2O3/c1-2-21-13-9-5-7-11(14(13)19)15-17-12-8-4-3-6-10(12)16(20)18-15/h3-9,15,17,19H,2H2,1H3,(H,18,20). The molecule has 0 saturated carbocycles. The zero-order chi connectivity index (χ0) is 14.8. The number of para-hydroxylation sites is 2. The Morgan fingerprint density at radius 1 is 1.14 bits per heavy atom. The molecule has 5 nitrogen and oxygen atoms in total. The number of hydrogen-bond acceptors (Lipinski definition) is 4. The van der Waals surface area contributed by atoms with Gasteiger partial charge in [-0.2, -0.15) is 0 Å². The number of amides is 1. The van der Waals surface area contributed by atoms with Crippen molar-refractivity contribution in [2.75, 3.05) is 11.9 Å². The summed E-state index contributed by atoms with van der Waals surface area (Å²) < 4.78 is 5.37. The van der Waals surface area contributed by atoms with Crippen molar-refractivity contribution < 1.29 is 14.6 Å². The number of rotatable bonds is 3.